The summed E-state index contributed by atoms with van der Waals surface area (Å²) in [6.07, 6.45) is 7.87. The minimum absolute atomic E-state index is 0.124. The maximum absolute atomic E-state index is 9.29. The highest BCUT2D eigenvalue weighted by Gasteiger charge is 2.16. The number of aliphatic hydroxyl groups excluding tert-OH is 1. The standard InChI is InChI=1S/C9H15NO/c1-2-3-6-10-7-4-5-9(11)8-10/h1,9,11H,3-8H2/t9-/m0/s1. The number of nitrogens with zero attached hydrogens (tertiary/aromatic N) is 1. The summed E-state index contributed by atoms with van der Waals surface area (Å²) >= 11 is 0. The Morgan fingerprint density at radius 1 is 1.64 bits per heavy atom. The van der Waals surface area contributed by atoms with Gasteiger partial charge in [-0.05, 0) is 19.4 Å². The van der Waals surface area contributed by atoms with Crippen LogP contribution in [0.15, 0.2) is 0 Å². The molecule has 1 atom stereocenters. The molecule has 11 heavy (non-hydrogen) atoms. The summed E-state index contributed by atoms with van der Waals surface area (Å²) in [7, 11) is 0. The number of aliphatic hydroxyl groups is 1. The van der Waals surface area contributed by atoms with Gasteiger partial charge in [-0.1, -0.05) is 0 Å². The number of hydrogen-bond acceptors (Lipinski definition) is 2. The van der Waals surface area contributed by atoms with E-state index in [1.807, 2.05) is 0 Å². The number of terminal acetylenes is 1. The first-order valence-electron chi connectivity index (χ1n) is 4.17. The number of likely N-dealkylation sites (tertiary alicyclic amines) is 1. The lowest BCUT2D eigenvalue weighted by atomic mass is 10.1. The molecule has 2 heteroatoms. The van der Waals surface area contributed by atoms with Crippen molar-refractivity contribution >= 4 is 0 Å². The van der Waals surface area contributed by atoms with E-state index in [1.165, 1.54) is 0 Å². The van der Waals surface area contributed by atoms with Crippen molar-refractivity contribution < 1.29 is 5.11 Å². The third-order valence-corrected chi connectivity index (χ3v) is 2.05. The Hall–Kier alpha value is -0.520. The molecule has 0 amide bonds. The lowest BCUT2D eigenvalue weighted by molar-refractivity contribution is 0.0720. The third-order valence-electron chi connectivity index (χ3n) is 2.05. The van der Waals surface area contributed by atoms with Crippen molar-refractivity contribution in [2.24, 2.45) is 0 Å². The second kappa shape index (κ2) is 4.38. The van der Waals surface area contributed by atoms with Crippen LogP contribution in [0.25, 0.3) is 0 Å². The van der Waals surface area contributed by atoms with E-state index in [-0.39, 0.29) is 6.10 Å². The Balaban J connectivity index is 2.18. The predicted molar refractivity (Wildman–Crippen MR) is 45.1 cm³/mol. The SMILES string of the molecule is C#CCCN1CCC[C@H](O)C1. The molecule has 0 bridgehead atoms. The fraction of sp³-hybridized carbons (Fsp3) is 0.778. The lowest BCUT2D eigenvalue weighted by Gasteiger charge is -2.29. The fourth-order valence-electron chi connectivity index (χ4n) is 1.46. The number of β-amino-alcohol motifs (C(OH)–C–C–N with tert-alkyl or cyclic N) is 1. The molecule has 1 N–H and O–H groups in total. The van der Waals surface area contributed by atoms with Gasteiger partial charge in [-0.25, -0.2) is 0 Å². The van der Waals surface area contributed by atoms with Crippen LogP contribution in [0, 0.1) is 12.3 Å². The molecule has 1 rings (SSSR count). The van der Waals surface area contributed by atoms with Crippen LogP contribution in [-0.2, 0) is 0 Å². The Morgan fingerprint density at radius 2 is 2.45 bits per heavy atom. The second-order valence-corrected chi connectivity index (χ2v) is 3.05. The van der Waals surface area contributed by atoms with E-state index in [0.717, 1.165) is 38.9 Å². The van der Waals surface area contributed by atoms with Gasteiger partial charge in [0, 0.05) is 19.5 Å². The van der Waals surface area contributed by atoms with E-state index in [2.05, 4.69) is 10.8 Å². The van der Waals surface area contributed by atoms with E-state index in [0.29, 0.717) is 0 Å². The van der Waals surface area contributed by atoms with Crippen molar-refractivity contribution in [3.63, 3.8) is 0 Å². The largest absolute Gasteiger partial charge is 0.392 e. The highest BCUT2D eigenvalue weighted by atomic mass is 16.3. The molecular weight excluding hydrogens is 138 g/mol. The summed E-state index contributed by atoms with van der Waals surface area (Å²) in [6.45, 7) is 2.84. The third kappa shape index (κ3) is 2.92. The Morgan fingerprint density at radius 3 is 3.09 bits per heavy atom. The number of rotatable bonds is 2. The van der Waals surface area contributed by atoms with Gasteiger partial charge in [0.05, 0.1) is 6.10 Å². The molecule has 0 aromatic carbocycles. The number of piperidine rings is 1. The average Bonchev–Trinajstić information content (AvgIpc) is 2.01. The van der Waals surface area contributed by atoms with Crippen LogP contribution in [0.1, 0.15) is 19.3 Å². The Bertz CT molecular complexity index is 150. The molecule has 0 radical (unpaired) electrons. The monoisotopic (exact) mass is 153 g/mol. The summed E-state index contributed by atoms with van der Waals surface area (Å²) in [6, 6.07) is 0. The molecule has 1 aliphatic heterocycles. The molecular formula is C9H15NO. The molecule has 2 nitrogen and oxygen atoms in total. The number of hydrogen-bond donors (Lipinski definition) is 1. The quantitative estimate of drug-likeness (QED) is 0.583. The van der Waals surface area contributed by atoms with Gasteiger partial charge in [-0.2, -0.15) is 0 Å². The first-order valence-corrected chi connectivity index (χ1v) is 4.17. The molecule has 0 aliphatic carbocycles. The Kier molecular flexibility index (Phi) is 3.41. The van der Waals surface area contributed by atoms with Gasteiger partial charge in [0.1, 0.15) is 0 Å². The summed E-state index contributed by atoms with van der Waals surface area (Å²) in [5.41, 5.74) is 0. The average molecular weight is 153 g/mol. The van der Waals surface area contributed by atoms with E-state index in [4.69, 9.17) is 6.42 Å². The van der Waals surface area contributed by atoms with E-state index in [1.54, 1.807) is 0 Å². The van der Waals surface area contributed by atoms with Crippen LogP contribution in [-0.4, -0.2) is 35.7 Å². The van der Waals surface area contributed by atoms with Crippen LogP contribution in [0.2, 0.25) is 0 Å². The predicted octanol–water partition coefficient (Wildman–Crippen LogP) is 0.466. The van der Waals surface area contributed by atoms with Gasteiger partial charge in [-0.3, -0.25) is 4.90 Å². The lowest BCUT2D eigenvalue weighted by Crippen LogP contribution is -2.38. The maximum Gasteiger partial charge on any atom is 0.0667 e. The van der Waals surface area contributed by atoms with Crippen LogP contribution in [0.3, 0.4) is 0 Å². The highest BCUT2D eigenvalue weighted by molar-refractivity contribution is 4.85. The molecule has 0 aromatic heterocycles. The topological polar surface area (TPSA) is 23.5 Å². The molecule has 0 unspecified atom stereocenters. The van der Waals surface area contributed by atoms with Gasteiger partial charge in [-0.15, -0.1) is 12.3 Å². The van der Waals surface area contributed by atoms with E-state index in [9.17, 15) is 5.11 Å². The van der Waals surface area contributed by atoms with Crippen molar-refractivity contribution in [2.75, 3.05) is 19.6 Å². The van der Waals surface area contributed by atoms with E-state index >= 15 is 0 Å². The van der Waals surface area contributed by atoms with Crippen LogP contribution < -0.4 is 0 Å². The fourth-order valence-corrected chi connectivity index (χ4v) is 1.46. The van der Waals surface area contributed by atoms with Gasteiger partial charge in [0.15, 0.2) is 0 Å². The van der Waals surface area contributed by atoms with Gasteiger partial charge in [0.2, 0.25) is 0 Å². The van der Waals surface area contributed by atoms with Gasteiger partial charge < -0.3 is 5.11 Å². The molecule has 0 aromatic rings. The highest BCUT2D eigenvalue weighted by Crippen LogP contribution is 2.09. The summed E-state index contributed by atoms with van der Waals surface area (Å²) < 4.78 is 0. The molecule has 0 spiro atoms. The summed E-state index contributed by atoms with van der Waals surface area (Å²) in [5.74, 6) is 2.61. The van der Waals surface area contributed by atoms with Crippen molar-refractivity contribution in [1.82, 2.24) is 4.90 Å². The normalized spacial score (nSPS) is 26.4. The minimum atomic E-state index is -0.124. The first kappa shape index (κ1) is 8.58. The van der Waals surface area contributed by atoms with Crippen LogP contribution in [0.4, 0.5) is 0 Å². The summed E-state index contributed by atoms with van der Waals surface area (Å²) in [5, 5.41) is 9.29. The van der Waals surface area contributed by atoms with Crippen molar-refractivity contribution in [3.8, 4) is 12.3 Å². The zero-order valence-electron chi connectivity index (χ0n) is 6.79. The maximum atomic E-state index is 9.29. The molecule has 0 saturated carbocycles. The van der Waals surface area contributed by atoms with Gasteiger partial charge >= 0.3 is 0 Å². The zero-order chi connectivity index (χ0) is 8.10. The van der Waals surface area contributed by atoms with Crippen molar-refractivity contribution in [2.45, 2.75) is 25.4 Å². The van der Waals surface area contributed by atoms with Crippen LogP contribution >= 0.6 is 0 Å². The van der Waals surface area contributed by atoms with Gasteiger partial charge in [0.25, 0.3) is 0 Å². The molecule has 1 aliphatic rings. The van der Waals surface area contributed by atoms with Crippen molar-refractivity contribution in [3.05, 3.63) is 0 Å². The second-order valence-electron chi connectivity index (χ2n) is 3.05. The summed E-state index contributed by atoms with van der Waals surface area (Å²) in [4.78, 5) is 2.23. The molecule has 1 saturated heterocycles. The van der Waals surface area contributed by atoms with Crippen LogP contribution in [0.5, 0.6) is 0 Å². The van der Waals surface area contributed by atoms with Crippen molar-refractivity contribution in [1.29, 1.82) is 0 Å². The minimum Gasteiger partial charge on any atom is -0.392 e. The van der Waals surface area contributed by atoms with E-state index < -0.39 is 0 Å². The molecule has 62 valence electrons. The Labute approximate surface area is 68.2 Å². The molecule has 1 fully saturated rings. The molecule has 1 heterocycles. The smallest absolute Gasteiger partial charge is 0.0667 e. The zero-order valence-corrected chi connectivity index (χ0v) is 6.79. The first-order chi connectivity index (χ1) is 5.33.